The fourth-order valence-electron chi connectivity index (χ4n) is 2.45. The van der Waals surface area contributed by atoms with Gasteiger partial charge >= 0.3 is 0 Å². The average molecular weight is 316 g/mol. The molecule has 3 N–H and O–H groups in total. The number of thiophene rings is 1. The molecule has 0 unspecified atom stereocenters. The third-order valence-corrected chi connectivity index (χ3v) is 4.57. The molecule has 0 spiro atoms. The Kier molecular flexibility index (Phi) is 5.75. The van der Waals surface area contributed by atoms with Crippen molar-refractivity contribution < 1.29 is 4.79 Å². The van der Waals surface area contributed by atoms with Gasteiger partial charge in [0.25, 0.3) is 0 Å². The highest BCUT2D eigenvalue weighted by Crippen LogP contribution is 2.27. The van der Waals surface area contributed by atoms with Gasteiger partial charge in [0, 0.05) is 4.88 Å². The Labute approximate surface area is 136 Å². The maximum absolute atomic E-state index is 11.4. The second-order valence-corrected chi connectivity index (χ2v) is 7.06. The summed E-state index contributed by atoms with van der Waals surface area (Å²) in [5, 5.41) is 5.38. The highest BCUT2D eigenvalue weighted by Gasteiger charge is 2.20. The van der Waals surface area contributed by atoms with Gasteiger partial charge in [-0.05, 0) is 41.8 Å². The number of rotatable bonds is 7. The molecule has 0 aliphatic carbocycles. The lowest BCUT2D eigenvalue weighted by Crippen LogP contribution is -2.40. The maximum atomic E-state index is 11.4. The molecule has 0 bridgehead atoms. The second-order valence-electron chi connectivity index (χ2n) is 6.08. The zero-order valence-electron chi connectivity index (χ0n) is 13.4. The molecule has 0 fully saturated rings. The average Bonchev–Trinajstić information content (AvgIpc) is 2.98. The summed E-state index contributed by atoms with van der Waals surface area (Å²) in [4.78, 5) is 12.6. The molecule has 1 aromatic heterocycles. The Balaban J connectivity index is 2.23. The van der Waals surface area contributed by atoms with Crippen LogP contribution in [0.4, 0.5) is 0 Å². The fourth-order valence-corrected chi connectivity index (χ4v) is 3.26. The van der Waals surface area contributed by atoms with Crippen molar-refractivity contribution >= 4 is 17.2 Å². The minimum Gasteiger partial charge on any atom is -0.368 e. The summed E-state index contributed by atoms with van der Waals surface area (Å²) < 4.78 is 0. The van der Waals surface area contributed by atoms with Gasteiger partial charge in [0.15, 0.2) is 0 Å². The Hall–Kier alpha value is -1.65. The lowest BCUT2D eigenvalue weighted by Gasteiger charge is -2.21. The highest BCUT2D eigenvalue weighted by molar-refractivity contribution is 7.10. The molecule has 0 aliphatic heterocycles. The number of nitrogens with one attached hydrogen (secondary N) is 1. The third-order valence-electron chi connectivity index (χ3n) is 3.63. The predicted octanol–water partition coefficient (Wildman–Crippen LogP) is 3.50. The first-order valence-corrected chi connectivity index (χ1v) is 8.53. The van der Waals surface area contributed by atoms with Crippen molar-refractivity contribution in [3.05, 3.63) is 57.8 Å². The fraction of sp³-hybridized carbons (Fsp3) is 0.389. The van der Waals surface area contributed by atoms with Crippen molar-refractivity contribution in [2.24, 2.45) is 11.7 Å². The SMILES string of the molecule is CC(C)Cc1ccc([C@H](N[C@@H](C)C(N)=O)c2cccs2)cc1. The van der Waals surface area contributed by atoms with Crippen LogP contribution in [-0.2, 0) is 11.2 Å². The predicted molar refractivity (Wildman–Crippen MR) is 92.9 cm³/mol. The van der Waals surface area contributed by atoms with Crippen LogP contribution in [0, 0.1) is 5.92 Å². The van der Waals surface area contributed by atoms with Gasteiger partial charge < -0.3 is 5.73 Å². The van der Waals surface area contributed by atoms with E-state index in [-0.39, 0.29) is 18.0 Å². The van der Waals surface area contributed by atoms with E-state index in [1.807, 2.05) is 11.4 Å². The summed E-state index contributed by atoms with van der Waals surface area (Å²) in [6, 6.07) is 12.4. The summed E-state index contributed by atoms with van der Waals surface area (Å²) >= 11 is 1.68. The van der Waals surface area contributed by atoms with Crippen molar-refractivity contribution in [3.8, 4) is 0 Å². The molecule has 0 saturated carbocycles. The van der Waals surface area contributed by atoms with Crippen LogP contribution in [0.2, 0.25) is 0 Å². The van der Waals surface area contributed by atoms with Crippen molar-refractivity contribution in [2.75, 3.05) is 0 Å². The van der Waals surface area contributed by atoms with E-state index >= 15 is 0 Å². The summed E-state index contributed by atoms with van der Waals surface area (Å²) in [6.45, 7) is 6.24. The number of nitrogens with two attached hydrogens (primary N) is 1. The van der Waals surface area contributed by atoms with Gasteiger partial charge in [0.1, 0.15) is 0 Å². The summed E-state index contributed by atoms with van der Waals surface area (Å²) in [5.41, 5.74) is 7.89. The summed E-state index contributed by atoms with van der Waals surface area (Å²) in [7, 11) is 0. The Morgan fingerprint density at radius 3 is 2.36 bits per heavy atom. The Morgan fingerprint density at radius 1 is 1.18 bits per heavy atom. The van der Waals surface area contributed by atoms with Crippen molar-refractivity contribution in [1.82, 2.24) is 5.32 Å². The molecule has 2 atom stereocenters. The molecule has 1 amide bonds. The van der Waals surface area contributed by atoms with Gasteiger partial charge in [-0.25, -0.2) is 0 Å². The highest BCUT2D eigenvalue weighted by atomic mass is 32.1. The largest absolute Gasteiger partial charge is 0.368 e. The zero-order chi connectivity index (χ0) is 16.1. The maximum Gasteiger partial charge on any atom is 0.234 e. The van der Waals surface area contributed by atoms with Gasteiger partial charge in [-0.3, -0.25) is 10.1 Å². The lowest BCUT2D eigenvalue weighted by molar-refractivity contribution is -0.119. The number of benzene rings is 1. The molecule has 0 radical (unpaired) electrons. The van der Waals surface area contributed by atoms with Crippen LogP contribution >= 0.6 is 11.3 Å². The molecule has 3 nitrogen and oxygen atoms in total. The standard InChI is InChI=1S/C18H24N2OS/c1-12(2)11-14-6-8-15(9-7-14)17(16-5-4-10-22-16)20-13(3)18(19)21/h4-10,12-13,17,20H,11H2,1-3H3,(H2,19,21)/t13-,17-/m0/s1. The molecular formula is C18H24N2OS. The van der Waals surface area contributed by atoms with Crippen LogP contribution in [0.15, 0.2) is 41.8 Å². The molecule has 1 heterocycles. The monoisotopic (exact) mass is 316 g/mol. The molecule has 4 heteroatoms. The molecule has 118 valence electrons. The van der Waals surface area contributed by atoms with Gasteiger partial charge in [-0.15, -0.1) is 11.3 Å². The number of hydrogen-bond acceptors (Lipinski definition) is 3. The van der Waals surface area contributed by atoms with Gasteiger partial charge in [-0.1, -0.05) is 44.2 Å². The summed E-state index contributed by atoms with van der Waals surface area (Å²) in [6.07, 6.45) is 1.08. The van der Waals surface area contributed by atoms with Gasteiger partial charge in [0.2, 0.25) is 5.91 Å². The van der Waals surface area contributed by atoms with E-state index in [1.165, 1.54) is 10.4 Å². The molecule has 1 aromatic carbocycles. The molecule has 0 saturated heterocycles. The molecule has 0 aliphatic rings. The number of carbonyl (C=O) groups is 1. The van der Waals surface area contributed by atoms with Crippen molar-refractivity contribution in [3.63, 3.8) is 0 Å². The van der Waals surface area contributed by atoms with E-state index in [0.717, 1.165) is 12.0 Å². The van der Waals surface area contributed by atoms with E-state index in [1.54, 1.807) is 18.3 Å². The first-order chi connectivity index (χ1) is 10.5. The van der Waals surface area contributed by atoms with Crippen LogP contribution in [-0.4, -0.2) is 11.9 Å². The number of hydrogen-bond donors (Lipinski definition) is 2. The second kappa shape index (κ2) is 7.56. The van der Waals surface area contributed by atoms with E-state index < -0.39 is 0 Å². The molecular weight excluding hydrogens is 292 g/mol. The first-order valence-electron chi connectivity index (χ1n) is 7.65. The van der Waals surface area contributed by atoms with Crippen molar-refractivity contribution in [2.45, 2.75) is 39.3 Å². The van der Waals surface area contributed by atoms with Crippen LogP contribution in [0.3, 0.4) is 0 Å². The van der Waals surface area contributed by atoms with E-state index in [9.17, 15) is 4.79 Å². The topological polar surface area (TPSA) is 55.1 Å². The van der Waals surface area contributed by atoms with E-state index in [0.29, 0.717) is 5.92 Å². The van der Waals surface area contributed by atoms with Gasteiger partial charge in [0.05, 0.1) is 12.1 Å². The van der Waals surface area contributed by atoms with Gasteiger partial charge in [-0.2, -0.15) is 0 Å². The van der Waals surface area contributed by atoms with Crippen molar-refractivity contribution in [1.29, 1.82) is 0 Å². The quantitative estimate of drug-likeness (QED) is 0.821. The Morgan fingerprint density at radius 2 is 1.86 bits per heavy atom. The number of carbonyl (C=O) groups excluding carboxylic acids is 1. The minimum atomic E-state index is -0.373. The number of amides is 1. The van der Waals surface area contributed by atoms with Crippen LogP contribution in [0.5, 0.6) is 0 Å². The zero-order valence-corrected chi connectivity index (χ0v) is 14.2. The van der Waals surface area contributed by atoms with E-state index in [4.69, 9.17) is 5.73 Å². The smallest absolute Gasteiger partial charge is 0.234 e. The molecule has 22 heavy (non-hydrogen) atoms. The van der Waals surface area contributed by atoms with Crippen LogP contribution in [0.1, 0.15) is 42.8 Å². The van der Waals surface area contributed by atoms with Crippen LogP contribution < -0.4 is 11.1 Å². The lowest BCUT2D eigenvalue weighted by atomic mass is 9.98. The minimum absolute atomic E-state index is 0.00407. The first kappa shape index (κ1) is 16.7. The summed E-state index contributed by atoms with van der Waals surface area (Å²) in [5.74, 6) is 0.310. The normalized spacial score (nSPS) is 14.0. The third kappa shape index (κ3) is 4.42. The number of primary amides is 1. The Bertz CT molecular complexity index is 590. The molecule has 2 aromatic rings. The van der Waals surface area contributed by atoms with E-state index in [2.05, 4.69) is 49.5 Å². The van der Waals surface area contributed by atoms with Crippen LogP contribution in [0.25, 0.3) is 0 Å². The molecule has 2 rings (SSSR count).